The fraction of sp³-hybridized carbons (Fsp3) is 0.0714. The predicted octanol–water partition coefficient (Wildman–Crippen LogP) is 3.64. The van der Waals surface area contributed by atoms with Crippen LogP contribution < -0.4 is 0 Å². The van der Waals surface area contributed by atoms with Crippen LogP contribution in [0.2, 0.25) is 5.02 Å². The molecular formula is C14H9ClN2O2. The number of ether oxygens (including phenoxy) is 1. The van der Waals surface area contributed by atoms with Crippen molar-refractivity contribution < 1.29 is 9.53 Å². The Kier molecular flexibility index (Phi) is 4.11. The number of carbonyl (C=O) groups is 1. The Morgan fingerprint density at radius 1 is 1.37 bits per heavy atom. The summed E-state index contributed by atoms with van der Waals surface area (Å²) in [6.45, 7) is 6.97. The molecule has 1 aromatic carbocycles. The second kappa shape index (κ2) is 5.98. The van der Waals surface area contributed by atoms with Gasteiger partial charge in [0.2, 0.25) is 0 Å². The second-order valence-electron chi connectivity index (χ2n) is 3.70. The first-order chi connectivity index (χ1) is 9.20. The third-order valence-electron chi connectivity index (χ3n) is 2.39. The van der Waals surface area contributed by atoms with Crippen LogP contribution in [-0.4, -0.2) is 11.0 Å². The molecule has 5 heteroatoms. The number of hydrogen-bond donors (Lipinski definition) is 0. The van der Waals surface area contributed by atoms with E-state index >= 15 is 0 Å². The number of hydrogen-bond acceptors (Lipinski definition) is 3. The van der Waals surface area contributed by atoms with E-state index in [4.69, 9.17) is 22.9 Å². The normalized spacial score (nSPS) is 9.68. The van der Waals surface area contributed by atoms with Crippen LogP contribution in [-0.2, 0) is 11.3 Å². The molecule has 94 valence electrons. The van der Waals surface area contributed by atoms with Crippen LogP contribution in [0.3, 0.4) is 0 Å². The quantitative estimate of drug-likeness (QED) is 0.633. The van der Waals surface area contributed by atoms with E-state index < -0.39 is 5.97 Å². The van der Waals surface area contributed by atoms with E-state index in [2.05, 4.69) is 9.83 Å². The molecule has 19 heavy (non-hydrogen) atoms. The molecule has 0 spiro atoms. The molecule has 1 heterocycles. The van der Waals surface area contributed by atoms with Crippen LogP contribution in [0.25, 0.3) is 4.85 Å². The summed E-state index contributed by atoms with van der Waals surface area (Å²) < 4.78 is 5.13. The van der Waals surface area contributed by atoms with Crippen molar-refractivity contribution >= 4 is 23.4 Å². The monoisotopic (exact) mass is 272 g/mol. The Labute approximate surface area is 115 Å². The van der Waals surface area contributed by atoms with Gasteiger partial charge in [-0.05, 0) is 11.6 Å². The number of halogens is 1. The van der Waals surface area contributed by atoms with Gasteiger partial charge in [0.1, 0.15) is 18.4 Å². The molecule has 0 radical (unpaired) electrons. The molecule has 0 atom stereocenters. The van der Waals surface area contributed by atoms with Crippen molar-refractivity contribution in [3.63, 3.8) is 0 Å². The van der Waals surface area contributed by atoms with Gasteiger partial charge in [-0.25, -0.2) is 4.79 Å². The molecule has 1 aromatic heterocycles. The number of rotatable bonds is 3. The van der Waals surface area contributed by atoms with Gasteiger partial charge < -0.3 is 9.58 Å². The summed E-state index contributed by atoms with van der Waals surface area (Å²) in [5, 5.41) is 0.166. The lowest BCUT2D eigenvalue weighted by atomic mass is 10.2. The van der Waals surface area contributed by atoms with Crippen molar-refractivity contribution in [2.24, 2.45) is 0 Å². The molecule has 2 rings (SSSR count). The first kappa shape index (κ1) is 13.1. The molecule has 0 saturated heterocycles. The molecule has 0 fully saturated rings. The Balaban J connectivity index is 2.07. The third kappa shape index (κ3) is 3.30. The largest absolute Gasteiger partial charge is 0.457 e. The maximum absolute atomic E-state index is 11.8. The predicted molar refractivity (Wildman–Crippen MR) is 71.1 cm³/mol. The van der Waals surface area contributed by atoms with Gasteiger partial charge in [-0.15, -0.1) is 4.98 Å². The van der Waals surface area contributed by atoms with E-state index in [1.54, 1.807) is 0 Å². The van der Waals surface area contributed by atoms with Gasteiger partial charge in [0.15, 0.2) is 0 Å². The number of benzene rings is 1. The zero-order chi connectivity index (χ0) is 13.7. The third-order valence-corrected chi connectivity index (χ3v) is 2.70. The van der Waals surface area contributed by atoms with Gasteiger partial charge in [0.25, 0.3) is 5.82 Å². The molecular weight excluding hydrogens is 264 g/mol. The van der Waals surface area contributed by atoms with Gasteiger partial charge in [-0.3, -0.25) is 0 Å². The molecule has 0 saturated carbocycles. The van der Waals surface area contributed by atoms with Gasteiger partial charge in [0, 0.05) is 0 Å². The topological polar surface area (TPSA) is 43.5 Å². The average Bonchev–Trinajstić information content (AvgIpc) is 2.45. The van der Waals surface area contributed by atoms with E-state index in [1.165, 1.54) is 12.3 Å². The molecule has 4 nitrogen and oxygen atoms in total. The zero-order valence-electron chi connectivity index (χ0n) is 9.84. The van der Waals surface area contributed by atoms with Crippen LogP contribution in [0, 0.1) is 6.57 Å². The number of carbonyl (C=O) groups excluding carboxylic acids is 1. The Bertz CT molecular complexity index is 636. The standard InChI is InChI=1S/C14H9ClN2O2/c1-16-13-7-12(15)11(8-17-13)14(18)19-9-10-5-3-2-4-6-10/h2-8H,9H2. The summed E-state index contributed by atoms with van der Waals surface area (Å²) >= 11 is 5.90. The van der Waals surface area contributed by atoms with Crippen LogP contribution in [0.1, 0.15) is 15.9 Å². The fourth-order valence-corrected chi connectivity index (χ4v) is 1.66. The molecule has 0 aliphatic carbocycles. The highest BCUT2D eigenvalue weighted by atomic mass is 35.5. The number of esters is 1. The van der Waals surface area contributed by atoms with E-state index in [0.29, 0.717) is 0 Å². The lowest BCUT2D eigenvalue weighted by Gasteiger charge is -2.05. The van der Waals surface area contributed by atoms with Crippen molar-refractivity contribution in [2.45, 2.75) is 6.61 Å². The van der Waals surface area contributed by atoms with Crippen LogP contribution >= 0.6 is 11.6 Å². The maximum Gasteiger partial charge on any atom is 0.343 e. The van der Waals surface area contributed by atoms with Gasteiger partial charge in [-0.2, -0.15) is 0 Å². The van der Waals surface area contributed by atoms with Crippen molar-refractivity contribution in [3.8, 4) is 0 Å². The Morgan fingerprint density at radius 3 is 2.74 bits per heavy atom. The zero-order valence-corrected chi connectivity index (χ0v) is 10.6. The minimum absolute atomic E-state index is 0.143. The summed E-state index contributed by atoms with van der Waals surface area (Å²) in [7, 11) is 0. The minimum atomic E-state index is -0.558. The van der Waals surface area contributed by atoms with Gasteiger partial charge in [0.05, 0.1) is 5.02 Å². The number of pyridine rings is 1. The highest BCUT2D eigenvalue weighted by Gasteiger charge is 2.14. The summed E-state index contributed by atoms with van der Waals surface area (Å²) in [5.41, 5.74) is 1.04. The summed E-state index contributed by atoms with van der Waals surface area (Å²) in [6, 6.07) is 10.7. The molecule has 0 aliphatic rings. The summed E-state index contributed by atoms with van der Waals surface area (Å²) in [4.78, 5) is 18.7. The van der Waals surface area contributed by atoms with Gasteiger partial charge >= 0.3 is 5.97 Å². The maximum atomic E-state index is 11.8. The first-order valence-corrected chi connectivity index (χ1v) is 5.82. The van der Waals surface area contributed by atoms with E-state index in [-0.39, 0.29) is 23.0 Å². The van der Waals surface area contributed by atoms with E-state index in [1.807, 2.05) is 30.3 Å². The molecule has 0 unspecified atom stereocenters. The first-order valence-electron chi connectivity index (χ1n) is 5.45. The van der Waals surface area contributed by atoms with Crippen LogP contribution in [0.4, 0.5) is 5.82 Å². The molecule has 0 aliphatic heterocycles. The SMILES string of the molecule is [C-]#[N+]c1cc(Cl)c(C(=O)OCc2ccccc2)cn1. The van der Waals surface area contributed by atoms with Crippen molar-refractivity contribution in [1.29, 1.82) is 0 Å². The lowest BCUT2D eigenvalue weighted by Crippen LogP contribution is -2.06. The summed E-state index contributed by atoms with van der Waals surface area (Å²) in [5.74, 6) is -0.414. The number of aromatic nitrogens is 1. The molecule has 0 N–H and O–H groups in total. The lowest BCUT2D eigenvalue weighted by molar-refractivity contribution is 0.0472. The highest BCUT2D eigenvalue weighted by molar-refractivity contribution is 6.33. The average molecular weight is 273 g/mol. The fourth-order valence-electron chi connectivity index (χ4n) is 1.43. The van der Waals surface area contributed by atoms with Crippen LogP contribution in [0.5, 0.6) is 0 Å². The molecule has 0 amide bonds. The van der Waals surface area contributed by atoms with E-state index in [0.717, 1.165) is 5.56 Å². The highest BCUT2D eigenvalue weighted by Crippen LogP contribution is 2.21. The second-order valence-corrected chi connectivity index (χ2v) is 4.10. The molecule has 2 aromatic rings. The Hall–Kier alpha value is -2.38. The smallest absolute Gasteiger partial charge is 0.343 e. The van der Waals surface area contributed by atoms with E-state index in [9.17, 15) is 4.79 Å². The van der Waals surface area contributed by atoms with Crippen LogP contribution in [0.15, 0.2) is 42.6 Å². The Morgan fingerprint density at radius 2 is 2.11 bits per heavy atom. The minimum Gasteiger partial charge on any atom is -0.457 e. The molecule has 0 bridgehead atoms. The summed E-state index contributed by atoms with van der Waals surface area (Å²) in [6.07, 6.45) is 1.25. The van der Waals surface area contributed by atoms with Crippen molar-refractivity contribution in [2.75, 3.05) is 0 Å². The van der Waals surface area contributed by atoms with Crippen molar-refractivity contribution in [1.82, 2.24) is 4.98 Å². The van der Waals surface area contributed by atoms with Crippen molar-refractivity contribution in [3.05, 3.63) is 70.2 Å². The number of nitrogens with zero attached hydrogens (tertiary/aromatic N) is 2. The van der Waals surface area contributed by atoms with Gasteiger partial charge in [-0.1, -0.05) is 48.5 Å².